The first-order valence-electron chi connectivity index (χ1n) is 10.2. The van der Waals surface area contributed by atoms with E-state index in [1.54, 1.807) is 0 Å². The molecule has 1 amide bonds. The Bertz CT molecular complexity index is 884. The van der Waals surface area contributed by atoms with Crippen molar-refractivity contribution in [3.05, 3.63) is 29.3 Å². The number of sulfone groups is 1. The molecule has 3 fully saturated rings. The highest BCUT2D eigenvalue weighted by molar-refractivity contribution is 8.16. The molecule has 2 saturated heterocycles. The van der Waals surface area contributed by atoms with Crippen LogP contribution in [-0.4, -0.2) is 42.3 Å². The smallest absolute Gasteiger partial charge is 0.248 e. The number of amides is 1. The average molecular weight is 421 g/mol. The number of thioether (sulfide) groups is 1. The topological polar surface area (TPSA) is 66.8 Å². The molecule has 2 aliphatic heterocycles. The predicted octanol–water partition coefficient (Wildman–Crippen LogP) is 3.88. The van der Waals surface area contributed by atoms with E-state index in [9.17, 15) is 13.2 Å². The maximum Gasteiger partial charge on any atom is 0.248 e. The van der Waals surface area contributed by atoms with Crippen LogP contribution in [0.1, 0.15) is 49.7 Å². The first-order valence-corrected chi connectivity index (χ1v) is 12.9. The second-order valence-corrected chi connectivity index (χ2v) is 11.9. The third kappa shape index (κ3) is 4.30. The van der Waals surface area contributed by atoms with E-state index in [0.29, 0.717) is 17.5 Å². The Morgan fingerprint density at radius 3 is 2.50 bits per heavy atom. The Morgan fingerprint density at radius 1 is 1.14 bits per heavy atom. The standard InChI is InChI=1S/C21H28N2O3S2/c1-14-9-15(2)11-17(10-14)23-18-12-28(25,26)13-19(18)27-21(23)22-20(24)8-7-16-5-3-4-6-16/h9-11,16,18-19H,3-8,12-13H2,1-2H3/t18-,19+/m1/s1. The highest BCUT2D eigenvalue weighted by Crippen LogP contribution is 2.41. The summed E-state index contributed by atoms with van der Waals surface area (Å²) in [6, 6.07) is 6.07. The molecule has 0 aromatic heterocycles. The first kappa shape index (κ1) is 20.0. The van der Waals surface area contributed by atoms with E-state index in [1.807, 2.05) is 18.7 Å². The molecule has 5 nitrogen and oxygen atoms in total. The van der Waals surface area contributed by atoms with Crippen molar-refractivity contribution in [2.75, 3.05) is 16.4 Å². The molecule has 2 atom stereocenters. The monoisotopic (exact) mass is 420 g/mol. The van der Waals surface area contributed by atoms with Crippen LogP contribution >= 0.6 is 11.8 Å². The van der Waals surface area contributed by atoms with Gasteiger partial charge in [-0.15, -0.1) is 0 Å². The van der Waals surface area contributed by atoms with E-state index >= 15 is 0 Å². The molecule has 0 unspecified atom stereocenters. The second-order valence-electron chi connectivity index (χ2n) is 8.49. The molecule has 152 valence electrons. The fraction of sp³-hybridized carbons (Fsp3) is 0.619. The fourth-order valence-electron chi connectivity index (χ4n) is 4.75. The van der Waals surface area contributed by atoms with Crippen molar-refractivity contribution in [2.24, 2.45) is 10.9 Å². The summed E-state index contributed by atoms with van der Waals surface area (Å²) in [5.74, 6) is 0.887. The van der Waals surface area contributed by atoms with Crippen LogP contribution in [-0.2, 0) is 14.6 Å². The fourth-order valence-corrected chi connectivity index (χ4v) is 8.68. The zero-order valence-electron chi connectivity index (χ0n) is 16.6. The van der Waals surface area contributed by atoms with Crippen LogP contribution in [0.15, 0.2) is 23.2 Å². The molecule has 0 radical (unpaired) electrons. The van der Waals surface area contributed by atoms with E-state index in [4.69, 9.17) is 0 Å². The van der Waals surface area contributed by atoms with E-state index in [-0.39, 0.29) is 28.7 Å². The Morgan fingerprint density at radius 2 is 1.82 bits per heavy atom. The van der Waals surface area contributed by atoms with E-state index in [2.05, 4.69) is 23.2 Å². The summed E-state index contributed by atoms with van der Waals surface area (Å²) in [4.78, 5) is 19.0. The highest BCUT2D eigenvalue weighted by atomic mass is 32.2. The van der Waals surface area contributed by atoms with Gasteiger partial charge in [-0.25, -0.2) is 8.42 Å². The summed E-state index contributed by atoms with van der Waals surface area (Å²) in [5, 5.41) is 0.624. The molecular weight excluding hydrogens is 392 g/mol. The van der Waals surface area contributed by atoms with E-state index in [0.717, 1.165) is 23.2 Å². The number of rotatable bonds is 4. The predicted molar refractivity (Wildman–Crippen MR) is 116 cm³/mol. The summed E-state index contributed by atoms with van der Waals surface area (Å²) in [6.07, 6.45) is 6.43. The van der Waals surface area contributed by atoms with Gasteiger partial charge < -0.3 is 4.90 Å². The Hall–Kier alpha value is -1.34. The summed E-state index contributed by atoms with van der Waals surface area (Å²) in [6.45, 7) is 4.07. The Kier molecular flexibility index (Phi) is 5.58. The molecule has 3 aliphatic rings. The van der Waals surface area contributed by atoms with Crippen molar-refractivity contribution >= 4 is 38.4 Å². The normalized spacial score (nSPS) is 28.2. The van der Waals surface area contributed by atoms with Gasteiger partial charge in [0.25, 0.3) is 0 Å². The van der Waals surface area contributed by atoms with Gasteiger partial charge in [0, 0.05) is 17.4 Å². The van der Waals surface area contributed by atoms with Crippen molar-refractivity contribution in [3.63, 3.8) is 0 Å². The molecule has 1 aliphatic carbocycles. The van der Waals surface area contributed by atoms with Gasteiger partial charge in [-0.1, -0.05) is 43.5 Å². The van der Waals surface area contributed by atoms with E-state index < -0.39 is 9.84 Å². The van der Waals surface area contributed by atoms with Crippen LogP contribution in [0.5, 0.6) is 0 Å². The molecule has 7 heteroatoms. The molecule has 1 saturated carbocycles. The zero-order valence-corrected chi connectivity index (χ0v) is 18.2. The minimum Gasteiger partial charge on any atom is -0.316 e. The number of amidine groups is 1. The Labute approximate surface area is 171 Å². The summed E-state index contributed by atoms with van der Waals surface area (Å²) in [7, 11) is -3.04. The van der Waals surface area contributed by atoms with Crippen LogP contribution in [0.2, 0.25) is 0 Å². The van der Waals surface area contributed by atoms with Crippen LogP contribution in [0, 0.1) is 19.8 Å². The number of aryl methyl sites for hydroxylation is 2. The molecule has 28 heavy (non-hydrogen) atoms. The number of anilines is 1. The lowest BCUT2D eigenvalue weighted by Gasteiger charge is -2.25. The number of nitrogens with zero attached hydrogens (tertiary/aromatic N) is 2. The lowest BCUT2D eigenvalue weighted by atomic mass is 10.0. The van der Waals surface area contributed by atoms with Gasteiger partial charge in [0.1, 0.15) is 0 Å². The van der Waals surface area contributed by atoms with Crippen molar-refractivity contribution in [1.29, 1.82) is 0 Å². The average Bonchev–Trinajstić information content (AvgIpc) is 3.26. The van der Waals surface area contributed by atoms with Crippen LogP contribution in [0.25, 0.3) is 0 Å². The number of fused-ring (bicyclic) bond motifs is 1. The SMILES string of the molecule is Cc1cc(C)cc(N2C(=NC(=O)CCC3CCCC3)S[C@H]3CS(=O)(=O)C[C@H]32)c1. The van der Waals surface area contributed by atoms with Gasteiger partial charge in [-0.2, -0.15) is 4.99 Å². The van der Waals surface area contributed by atoms with Crippen molar-refractivity contribution in [1.82, 2.24) is 0 Å². The molecule has 0 bridgehead atoms. The molecule has 4 rings (SSSR count). The summed E-state index contributed by atoms with van der Waals surface area (Å²) < 4.78 is 24.4. The van der Waals surface area contributed by atoms with Gasteiger partial charge in [0.05, 0.1) is 17.5 Å². The quantitative estimate of drug-likeness (QED) is 0.740. The minimum absolute atomic E-state index is 0.0489. The van der Waals surface area contributed by atoms with Crippen molar-refractivity contribution in [3.8, 4) is 0 Å². The van der Waals surface area contributed by atoms with Gasteiger partial charge in [-0.3, -0.25) is 4.79 Å². The second kappa shape index (κ2) is 7.82. The van der Waals surface area contributed by atoms with Crippen molar-refractivity contribution < 1.29 is 13.2 Å². The highest BCUT2D eigenvalue weighted by Gasteiger charge is 2.49. The molecule has 0 spiro atoms. The number of hydrogen-bond donors (Lipinski definition) is 0. The number of hydrogen-bond acceptors (Lipinski definition) is 4. The third-order valence-electron chi connectivity index (χ3n) is 6.01. The van der Waals surface area contributed by atoms with Crippen molar-refractivity contribution in [2.45, 2.75) is 63.7 Å². The maximum atomic E-state index is 12.6. The minimum atomic E-state index is -3.04. The maximum absolute atomic E-state index is 12.6. The molecule has 0 N–H and O–H groups in total. The summed E-state index contributed by atoms with van der Waals surface area (Å²) in [5.41, 5.74) is 3.18. The molecule has 2 heterocycles. The molecular formula is C21H28N2O3S2. The van der Waals surface area contributed by atoms with Gasteiger partial charge in [-0.05, 0) is 49.4 Å². The summed E-state index contributed by atoms with van der Waals surface area (Å²) >= 11 is 1.46. The largest absolute Gasteiger partial charge is 0.316 e. The third-order valence-corrected chi connectivity index (χ3v) is 9.22. The number of carbonyl (C=O) groups is 1. The number of carbonyl (C=O) groups excluding carboxylic acids is 1. The first-order chi connectivity index (χ1) is 13.3. The van der Waals surface area contributed by atoms with Crippen LogP contribution in [0.4, 0.5) is 5.69 Å². The van der Waals surface area contributed by atoms with Gasteiger partial charge >= 0.3 is 0 Å². The zero-order chi connectivity index (χ0) is 19.9. The lowest BCUT2D eigenvalue weighted by molar-refractivity contribution is -0.118. The van der Waals surface area contributed by atoms with E-state index in [1.165, 1.54) is 37.4 Å². The number of aliphatic imine (C=N–C) groups is 1. The van der Waals surface area contributed by atoms with Gasteiger partial charge in [0.2, 0.25) is 5.91 Å². The molecule has 1 aromatic carbocycles. The van der Waals surface area contributed by atoms with Gasteiger partial charge in [0.15, 0.2) is 15.0 Å². The lowest BCUT2D eigenvalue weighted by Crippen LogP contribution is -2.37. The Balaban J connectivity index is 1.58. The number of benzene rings is 1. The molecule has 1 aromatic rings. The van der Waals surface area contributed by atoms with Crippen LogP contribution in [0.3, 0.4) is 0 Å². The van der Waals surface area contributed by atoms with Crippen LogP contribution < -0.4 is 4.90 Å².